The maximum atomic E-state index is 10.6. The first-order valence-electron chi connectivity index (χ1n) is 4.31. The Bertz CT molecular complexity index is 354. The van der Waals surface area contributed by atoms with Gasteiger partial charge in [-0.25, -0.2) is 0 Å². The molecule has 0 fully saturated rings. The van der Waals surface area contributed by atoms with Crippen molar-refractivity contribution in [2.45, 2.75) is 0 Å². The lowest BCUT2D eigenvalue weighted by molar-refractivity contribution is -0.385. The quantitative estimate of drug-likeness (QED) is 0.343. The summed E-state index contributed by atoms with van der Waals surface area (Å²) in [7, 11) is 1.52. The van der Waals surface area contributed by atoms with Gasteiger partial charge in [0.1, 0.15) is 6.61 Å². The first kappa shape index (κ1) is 11.3. The van der Waals surface area contributed by atoms with E-state index in [9.17, 15) is 10.1 Å². The number of nitrogen functional groups attached to an aromatic ring is 1. The number of ether oxygens (including phenoxy) is 2. The highest BCUT2D eigenvalue weighted by molar-refractivity contribution is 5.63. The second kappa shape index (κ2) is 5.16. The van der Waals surface area contributed by atoms with Crippen molar-refractivity contribution in [1.82, 2.24) is 0 Å². The van der Waals surface area contributed by atoms with Crippen LogP contribution in [0, 0.1) is 10.1 Å². The molecule has 0 saturated carbocycles. The molecule has 82 valence electrons. The average Bonchev–Trinajstić information content (AvgIpc) is 2.20. The van der Waals surface area contributed by atoms with E-state index in [4.69, 9.17) is 15.2 Å². The minimum absolute atomic E-state index is 0.0968. The monoisotopic (exact) mass is 212 g/mol. The molecule has 0 atom stereocenters. The lowest BCUT2D eigenvalue weighted by Gasteiger charge is -2.08. The molecule has 0 aliphatic heterocycles. The van der Waals surface area contributed by atoms with Gasteiger partial charge in [-0.15, -0.1) is 0 Å². The molecule has 0 aliphatic carbocycles. The van der Waals surface area contributed by atoms with Crippen LogP contribution in [0.5, 0.6) is 5.75 Å². The minimum Gasteiger partial charge on any atom is -0.483 e. The number of anilines is 1. The third-order valence-electron chi connectivity index (χ3n) is 1.76. The van der Waals surface area contributed by atoms with Gasteiger partial charge in [-0.05, 0) is 6.07 Å². The third-order valence-corrected chi connectivity index (χ3v) is 1.76. The fourth-order valence-electron chi connectivity index (χ4n) is 1.07. The van der Waals surface area contributed by atoms with Gasteiger partial charge in [0.15, 0.2) is 0 Å². The molecule has 0 bridgehead atoms. The summed E-state index contributed by atoms with van der Waals surface area (Å²) in [6.45, 7) is 0.580. The van der Waals surface area contributed by atoms with E-state index in [1.165, 1.54) is 19.2 Å². The summed E-state index contributed by atoms with van der Waals surface area (Å²) in [6.07, 6.45) is 0. The van der Waals surface area contributed by atoms with Crippen molar-refractivity contribution in [3.63, 3.8) is 0 Å². The van der Waals surface area contributed by atoms with Crippen LogP contribution in [0.25, 0.3) is 0 Å². The highest BCUT2D eigenvalue weighted by Crippen LogP contribution is 2.32. The Morgan fingerprint density at radius 2 is 2.20 bits per heavy atom. The minimum atomic E-state index is -0.529. The Morgan fingerprint density at radius 3 is 2.80 bits per heavy atom. The van der Waals surface area contributed by atoms with E-state index in [1.807, 2.05) is 0 Å². The van der Waals surface area contributed by atoms with Crippen molar-refractivity contribution in [3.8, 4) is 5.75 Å². The summed E-state index contributed by atoms with van der Waals surface area (Å²) in [6, 6.07) is 4.41. The maximum absolute atomic E-state index is 10.6. The zero-order chi connectivity index (χ0) is 11.3. The van der Waals surface area contributed by atoms with E-state index in [2.05, 4.69) is 0 Å². The van der Waals surface area contributed by atoms with E-state index >= 15 is 0 Å². The molecule has 15 heavy (non-hydrogen) atoms. The van der Waals surface area contributed by atoms with Crippen LogP contribution in [0.4, 0.5) is 11.4 Å². The van der Waals surface area contributed by atoms with Gasteiger partial charge in [0.05, 0.1) is 17.2 Å². The molecular weight excluding hydrogens is 200 g/mol. The number of hydrogen-bond donors (Lipinski definition) is 1. The van der Waals surface area contributed by atoms with E-state index in [0.29, 0.717) is 6.61 Å². The molecule has 1 rings (SSSR count). The smallest absolute Gasteiger partial charge is 0.313 e. The summed E-state index contributed by atoms with van der Waals surface area (Å²) >= 11 is 0. The zero-order valence-corrected chi connectivity index (χ0v) is 8.30. The van der Waals surface area contributed by atoms with Gasteiger partial charge in [0, 0.05) is 13.2 Å². The zero-order valence-electron chi connectivity index (χ0n) is 8.30. The van der Waals surface area contributed by atoms with Crippen molar-refractivity contribution in [3.05, 3.63) is 28.3 Å². The standard InChI is InChI=1S/C9H12N2O4/c1-14-5-6-15-9-7(10)3-2-4-8(9)11(12)13/h2-4H,5-6,10H2,1H3. The van der Waals surface area contributed by atoms with E-state index in [1.54, 1.807) is 6.07 Å². The topological polar surface area (TPSA) is 87.6 Å². The van der Waals surface area contributed by atoms with Crippen molar-refractivity contribution in [2.75, 3.05) is 26.1 Å². The average molecular weight is 212 g/mol. The SMILES string of the molecule is COCCOc1c(N)cccc1[N+](=O)[O-]. The molecule has 0 spiro atoms. The van der Waals surface area contributed by atoms with Gasteiger partial charge >= 0.3 is 5.69 Å². The second-order valence-corrected chi connectivity index (χ2v) is 2.79. The van der Waals surface area contributed by atoms with Crippen LogP contribution >= 0.6 is 0 Å². The first-order chi connectivity index (χ1) is 7.16. The van der Waals surface area contributed by atoms with Crippen molar-refractivity contribution < 1.29 is 14.4 Å². The van der Waals surface area contributed by atoms with Gasteiger partial charge in [-0.2, -0.15) is 0 Å². The van der Waals surface area contributed by atoms with Crippen LogP contribution < -0.4 is 10.5 Å². The van der Waals surface area contributed by atoms with Gasteiger partial charge in [0.25, 0.3) is 0 Å². The van der Waals surface area contributed by atoms with Crippen molar-refractivity contribution in [2.24, 2.45) is 0 Å². The summed E-state index contributed by atoms with van der Waals surface area (Å²) in [5.41, 5.74) is 5.69. The lowest BCUT2D eigenvalue weighted by atomic mass is 10.2. The Labute approximate surface area is 86.7 Å². The predicted molar refractivity (Wildman–Crippen MR) is 54.9 cm³/mol. The molecule has 0 saturated heterocycles. The normalized spacial score (nSPS) is 9.93. The molecule has 6 heteroatoms. The summed E-state index contributed by atoms with van der Waals surface area (Å²) in [5, 5.41) is 10.6. The molecule has 0 aromatic heterocycles. The second-order valence-electron chi connectivity index (χ2n) is 2.79. The number of rotatable bonds is 5. The number of nitrogens with zero attached hydrogens (tertiary/aromatic N) is 1. The fraction of sp³-hybridized carbons (Fsp3) is 0.333. The largest absolute Gasteiger partial charge is 0.483 e. The van der Waals surface area contributed by atoms with E-state index in [0.717, 1.165) is 0 Å². The summed E-state index contributed by atoms with van der Waals surface area (Å²) in [4.78, 5) is 10.1. The highest BCUT2D eigenvalue weighted by Gasteiger charge is 2.17. The predicted octanol–water partition coefficient (Wildman–Crippen LogP) is 1.20. The molecule has 1 aromatic carbocycles. The van der Waals surface area contributed by atoms with Crippen LogP contribution in [-0.2, 0) is 4.74 Å². The number of nitro groups is 1. The Hall–Kier alpha value is -1.82. The van der Waals surface area contributed by atoms with Crippen molar-refractivity contribution in [1.29, 1.82) is 0 Å². The molecule has 0 aliphatic rings. The Morgan fingerprint density at radius 1 is 1.47 bits per heavy atom. The third kappa shape index (κ3) is 2.81. The Balaban J connectivity index is 2.87. The Kier molecular flexibility index (Phi) is 3.87. The molecule has 0 radical (unpaired) electrons. The van der Waals surface area contributed by atoms with Crippen LogP contribution in [0.3, 0.4) is 0 Å². The fourth-order valence-corrected chi connectivity index (χ4v) is 1.07. The van der Waals surface area contributed by atoms with E-state index in [-0.39, 0.29) is 23.7 Å². The molecule has 0 unspecified atom stereocenters. The van der Waals surface area contributed by atoms with Gasteiger partial charge in [0.2, 0.25) is 5.75 Å². The molecule has 0 amide bonds. The summed E-state index contributed by atoms with van der Waals surface area (Å²) in [5.74, 6) is 0.0968. The molecule has 2 N–H and O–H groups in total. The van der Waals surface area contributed by atoms with Crippen LogP contribution in [-0.4, -0.2) is 25.2 Å². The molecular formula is C9H12N2O4. The highest BCUT2D eigenvalue weighted by atomic mass is 16.6. The summed E-state index contributed by atoms with van der Waals surface area (Å²) < 4.78 is 9.95. The number of para-hydroxylation sites is 1. The first-order valence-corrected chi connectivity index (χ1v) is 4.31. The van der Waals surface area contributed by atoms with Gasteiger partial charge < -0.3 is 15.2 Å². The van der Waals surface area contributed by atoms with Gasteiger partial charge in [-0.3, -0.25) is 10.1 Å². The number of nitrogens with two attached hydrogens (primary N) is 1. The maximum Gasteiger partial charge on any atom is 0.313 e. The van der Waals surface area contributed by atoms with Gasteiger partial charge in [-0.1, -0.05) is 6.07 Å². The van der Waals surface area contributed by atoms with E-state index < -0.39 is 4.92 Å². The number of nitro benzene ring substituents is 1. The molecule has 1 aromatic rings. The van der Waals surface area contributed by atoms with Crippen LogP contribution in [0.1, 0.15) is 0 Å². The van der Waals surface area contributed by atoms with Crippen LogP contribution in [0.2, 0.25) is 0 Å². The number of hydrogen-bond acceptors (Lipinski definition) is 5. The molecule has 0 heterocycles. The lowest BCUT2D eigenvalue weighted by Crippen LogP contribution is -2.07. The number of methoxy groups -OCH3 is 1. The molecule has 6 nitrogen and oxygen atoms in total. The van der Waals surface area contributed by atoms with Crippen molar-refractivity contribution >= 4 is 11.4 Å². The number of benzene rings is 1. The van der Waals surface area contributed by atoms with Crippen LogP contribution in [0.15, 0.2) is 18.2 Å².